The monoisotopic (exact) mass is 395 g/mol. The van der Waals surface area contributed by atoms with Crippen LogP contribution in [0.25, 0.3) is 10.9 Å². The quantitative estimate of drug-likeness (QED) is 0.324. The second-order valence-electron chi connectivity index (χ2n) is 7.32. The lowest BCUT2D eigenvalue weighted by molar-refractivity contribution is 0.0274. The predicted molar refractivity (Wildman–Crippen MR) is 117 cm³/mol. The average molecular weight is 395 g/mol. The molecule has 4 aromatic rings. The molecule has 4 heteroatoms. The fourth-order valence-electron chi connectivity index (χ4n) is 3.23. The van der Waals surface area contributed by atoms with E-state index < -0.39 is 12.1 Å². The lowest BCUT2D eigenvalue weighted by Gasteiger charge is -2.18. The van der Waals surface area contributed by atoms with Crippen LogP contribution in [-0.2, 0) is 4.74 Å². The van der Waals surface area contributed by atoms with Gasteiger partial charge in [-0.05, 0) is 26.0 Å². The summed E-state index contributed by atoms with van der Waals surface area (Å²) in [6, 6.07) is 25.6. The smallest absolute Gasteiger partial charge is 0.358 e. The number of pyridine rings is 1. The third-order valence-corrected chi connectivity index (χ3v) is 4.99. The number of ether oxygens (including phenoxy) is 1. The normalized spacial score (nSPS) is 11.8. The number of rotatable bonds is 5. The van der Waals surface area contributed by atoms with Gasteiger partial charge in [-0.3, -0.25) is 4.79 Å². The minimum Gasteiger partial charge on any atom is -0.444 e. The number of nitrogens with zero attached hydrogens (tertiary/aromatic N) is 1. The first-order chi connectivity index (χ1) is 14.5. The summed E-state index contributed by atoms with van der Waals surface area (Å²) in [6.45, 7) is 3.92. The summed E-state index contributed by atoms with van der Waals surface area (Å²) in [6.07, 6.45) is -1.05. The van der Waals surface area contributed by atoms with Gasteiger partial charge < -0.3 is 4.74 Å². The number of ketones is 1. The van der Waals surface area contributed by atoms with Gasteiger partial charge in [0.2, 0.25) is 5.78 Å². The van der Waals surface area contributed by atoms with Gasteiger partial charge in [-0.15, -0.1) is 0 Å². The van der Waals surface area contributed by atoms with E-state index in [-0.39, 0.29) is 11.5 Å². The lowest BCUT2D eigenvalue weighted by atomic mass is 9.98. The largest absolute Gasteiger partial charge is 0.444 e. The molecule has 0 saturated heterocycles. The van der Waals surface area contributed by atoms with Crippen LogP contribution >= 0.6 is 0 Å². The van der Waals surface area contributed by atoms with E-state index in [0.29, 0.717) is 16.6 Å². The molecule has 3 aromatic carbocycles. The maximum Gasteiger partial charge on any atom is 0.358 e. The van der Waals surface area contributed by atoms with Crippen LogP contribution in [0.3, 0.4) is 0 Å². The molecule has 0 aliphatic rings. The van der Waals surface area contributed by atoms with Gasteiger partial charge >= 0.3 is 5.97 Å². The molecular weight excluding hydrogens is 374 g/mol. The molecule has 4 nitrogen and oxygen atoms in total. The summed E-state index contributed by atoms with van der Waals surface area (Å²) in [5, 5.41) is 0.930. The molecule has 1 heterocycles. The number of carbonyl (C=O) groups excluding carboxylic acids is 2. The van der Waals surface area contributed by atoms with Crippen LogP contribution in [0.5, 0.6) is 0 Å². The number of hydrogen-bond donors (Lipinski definition) is 0. The molecule has 0 radical (unpaired) electrons. The SMILES string of the molecule is Cc1ccc(C(=O)[C@@H](OC(=O)c2ccc3ccccc3n2)c2ccc(C)cc2)cc1. The molecule has 0 unspecified atom stereocenters. The summed E-state index contributed by atoms with van der Waals surface area (Å²) in [5.74, 6) is -0.903. The number of benzene rings is 3. The fourth-order valence-corrected chi connectivity index (χ4v) is 3.23. The molecule has 30 heavy (non-hydrogen) atoms. The van der Waals surface area contributed by atoms with E-state index in [2.05, 4.69) is 4.98 Å². The Bertz CT molecular complexity index is 1210. The number of para-hydroxylation sites is 1. The van der Waals surface area contributed by atoms with Gasteiger partial charge in [-0.25, -0.2) is 9.78 Å². The van der Waals surface area contributed by atoms with E-state index in [1.807, 2.05) is 80.6 Å². The van der Waals surface area contributed by atoms with Crippen LogP contribution < -0.4 is 0 Å². The Morgan fingerprint density at radius 3 is 2.10 bits per heavy atom. The summed E-state index contributed by atoms with van der Waals surface area (Å²) in [4.78, 5) is 30.5. The number of hydrogen-bond acceptors (Lipinski definition) is 4. The molecule has 0 aliphatic heterocycles. The van der Waals surface area contributed by atoms with Gasteiger partial charge in [-0.2, -0.15) is 0 Å². The molecule has 0 bridgehead atoms. The van der Waals surface area contributed by atoms with Gasteiger partial charge in [0.15, 0.2) is 6.10 Å². The highest BCUT2D eigenvalue weighted by Gasteiger charge is 2.27. The Labute approximate surface area is 175 Å². The molecule has 1 atom stereocenters. The Morgan fingerprint density at radius 1 is 0.767 bits per heavy atom. The maximum atomic E-state index is 13.2. The Hall–Kier alpha value is -3.79. The van der Waals surface area contributed by atoms with Crippen LogP contribution in [0.4, 0.5) is 0 Å². The predicted octanol–water partition coefficient (Wildman–Crippen LogP) is 5.63. The first kappa shape index (κ1) is 19.5. The molecule has 0 N–H and O–H groups in total. The molecule has 0 spiro atoms. The number of aryl methyl sites for hydroxylation is 2. The first-order valence-electron chi connectivity index (χ1n) is 9.75. The number of Topliss-reactive ketones (excluding diaryl/α,β-unsaturated/α-hetero) is 1. The van der Waals surface area contributed by atoms with Crippen LogP contribution in [-0.4, -0.2) is 16.7 Å². The molecule has 0 aliphatic carbocycles. The highest BCUT2D eigenvalue weighted by molar-refractivity contribution is 6.02. The molecular formula is C26H21NO3. The summed E-state index contributed by atoms with van der Waals surface area (Å²) in [7, 11) is 0. The number of fused-ring (bicyclic) bond motifs is 1. The second kappa shape index (κ2) is 8.29. The zero-order valence-electron chi connectivity index (χ0n) is 16.8. The van der Waals surface area contributed by atoms with Crippen LogP contribution in [0.1, 0.15) is 43.6 Å². The minimum absolute atomic E-state index is 0.169. The Morgan fingerprint density at radius 2 is 1.40 bits per heavy atom. The van der Waals surface area contributed by atoms with Crippen molar-refractivity contribution in [3.63, 3.8) is 0 Å². The van der Waals surface area contributed by atoms with Crippen molar-refractivity contribution in [1.29, 1.82) is 0 Å². The third-order valence-electron chi connectivity index (χ3n) is 4.99. The summed E-state index contributed by atoms with van der Waals surface area (Å²) < 4.78 is 5.71. The van der Waals surface area contributed by atoms with Crippen LogP contribution in [0.15, 0.2) is 84.9 Å². The topological polar surface area (TPSA) is 56.3 Å². The molecule has 0 saturated carbocycles. The van der Waals surface area contributed by atoms with E-state index in [9.17, 15) is 9.59 Å². The van der Waals surface area contributed by atoms with Crippen molar-refractivity contribution in [1.82, 2.24) is 4.98 Å². The zero-order valence-corrected chi connectivity index (χ0v) is 16.8. The van der Waals surface area contributed by atoms with Crippen molar-refractivity contribution in [3.8, 4) is 0 Å². The molecule has 148 valence electrons. The van der Waals surface area contributed by atoms with E-state index in [0.717, 1.165) is 16.5 Å². The molecule has 0 fully saturated rings. The molecule has 0 amide bonds. The van der Waals surface area contributed by atoms with E-state index in [1.165, 1.54) is 0 Å². The van der Waals surface area contributed by atoms with Crippen LogP contribution in [0.2, 0.25) is 0 Å². The van der Waals surface area contributed by atoms with Crippen molar-refractivity contribution < 1.29 is 14.3 Å². The Balaban J connectivity index is 1.67. The standard InChI is InChI=1S/C26H21NO3/c1-17-7-11-20(12-8-17)24(28)25(21-13-9-18(2)10-14-21)30-26(29)23-16-15-19-5-3-4-6-22(19)27-23/h3-16,25H,1-2H3/t25-/m0/s1. The van der Waals surface area contributed by atoms with E-state index >= 15 is 0 Å². The summed E-state index contributed by atoms with van der Waals surface area (Å²) >= 11 is 0. The minimum atomic E-state index is -1.05. The van der Waals surface area contributed by atoms with Crippen molar-refractivity contribution in [2.24, 2.45) is 0 Å². The van der Waals surface area contributed by atoms with Crippen LogP contribution in [0, 0.1) is 13.8 Å². The lowest BCUT2D eigenvalue weighted by Crippen LogP contribution is -2.21. The van der Waals surface area contributed by atoms with Gasteiger partial charge in [-0.1, -0.05) is 83.9 Å². The Kier molecular flexibility index (Phi) is 5.40. The van der Waals surface area contributed by atoms with E-state index in [4.69, 9.17) is 4.74 Å². The summed E-state index contributed by atoms with van der Waals surface area (Å²) in [5.41, 5.74) is 4.09. The maximum absolute atomic E-state index is 13.2. The van der Waals surface area contributed by atoms with Crippen molar-refractivity contribution in [2.45, 2.75) is 20.0 Å². The average Bonchev–Trinajstić information content (AvgIpc) is 2.78. The molecule has 1 aromatic heterocycles. The van der Waals surface area contributed by atoms with Crippen molar-refractivity contribution in [3.05, 3.63) is 113 Å². The highest BCUT2D eigenvalue weighted by atomic mass is 16.5. The first-order valence-corrected chi connectivity index (χ1v) is 9.75. The van der Waals surface area contributed by atoms with Crippen molar-refractivity contribution in [2.75, 3.05) is 0 Å². The second-order valence-corrected chi connectivity index (χ2v) is 7.32. The van der Waals surface area contributed by atoms with Crippen molar-refractivity contribution >= 4 is 22.7 Å². The van der Waals surface area contributed by atoms with Gasteiger partial charge in [0.05, 0.1) is 5.52 Å². The molecule has 4 rings (SSSR count). The number of carbonyl (C=O) groups is 2. The zero-order chi connectivity index (χ0) is 21.1. The highest BCUT2D eigenvalue weighted by Crippen LogP contribution is 2.25. The van der Waals surface area contributed by atoms with E-state index in [1.54, 1.807) is 18.2 Å². The fraction of sp³-hybridized carbons (Fsp3) is 0.115. The van der Waals surface area contributed by atoms with Gasteiger partial charge in [0.25, 0.3) is 0 Å². The third kappa shape index (κ3) is 4.13. The number of esters is 1. The van der Waals surface area contributed by atoms with Gasteiger partial charge in [0, 0.05) is 16.5 Å². The number of aromatic nitrogens is 1. The van der Waals surface area contributed by atoms with Gasteiger partial charge in [0.1, 0.15) is 5.69 Å².